The number of esters is 1. The lowest BCUT2D eigenvalue weighted by molar-refractivity contribution is -0.153. The summed E-state index contributed by atoms with van der Waals surface area (Å²) in [7, 11) is 2.75. The van der Waals surface area contributed by atoms with E-state index < -0.39 is 12.8 Å². The smallest absolute Gasteiger partial charge is 0.422 e. The van der Waals surface area contributed by atoms with E-state index in [0.717, 1.165) is 5.56 Å². The SMILES string of the molecule is CCNC(=NCc1ccc(OCC(F)(F)F)c(OC)c1)N1CC(C)C(C(=O)OC)C1.I. The number of ether oxygens (including phenoxy) is 3. The van der Waals surface area contributed by atoms with Crippen molar-refractivity contribution >= 4 is 35.9 Å². The van der Waals surface area contributed by atoms with Crippen LogP contribution >= 0.6 is 24.0 Å². The van der Waals surface area contributed by atoms with Crippen molar-refractivity contribution in [2.75, 3.05) is 40.5 Å². The van der Waals surface area contributed by atoms with Gasteiger partial charge >= 0.3 is 12.1 Å². The summed E-state index contributed by atoms with van der Waals surface area (Å²) in [6, 6.07) is 4.68. The van der Waals surface area contributed by atoms with E-state index in [1.165, 1.54) is 20.3 Å². The number of aliphatic imine (C=N–C) groups is 1. The molecule has 7 nitrogen and oxygen atoms in total. The van der Waals surface area contributed by atoms with Crippen LogP contribution in [0.3, 0.4) is 0 Å². The molecular weight excluding hydrogens is 530 g/mol. The number of hydrogen-bond acceptors (Lipinski definition) is 5. The lowest BCUT2D eigenvalue weighted by atomic mass is 9.99. The maximum absolute atomic E-state index is 12.4. The van der Waals surface area contributed by atoms with Crippen molar-refractivity contribution in [1.82, 2.24) is 10.2 Å². The van der Waals surface area contributed by atoms with Gasteiger partial charge in [-0.05, 0) is 30.5 Å². The number of likely N-dealkylation sites (tertiary alicyclic amines) is 1. The van der Waals surface area contributed by atoms with Gasteiger partial charge in [0.1, 0.15) is 0 Å². The molecule has 2 unspecified atom stereocenters. The lowest BCUT2D eigenvalue weighted by Gasteiger charge is -2.21. The number of nitrogens with one attached hydrogen (secondary N) is 1. The Bertz CT molecular complexity index is 762. The third-order valence-corrected chi connectivity index (χ3v) is 4.78. The number of hydrogen-bond donors (Lipinski definition) is 1. The number of nitrogens with zero attached hydrogens (tertiary/aromatic N) is 2. The summed E-state index contributed by atoms with van der Waals surface area (Å²) >= 11 is 0. The average Bonchev–Trinajstić information content (AvgIpc) is 3.10. The van der Waals surface area contributed by atoms with E-state index in [9.17, 15) is 18.0 Å². The summed E-state index contributed by atoms with van der Waals surface area (Å²) < 4.78 is 52.0. The van der Waals surface area contributed by atoms with Crippen LogP contribution in [-0.4, -0.2) is 63.5 Å². The van der Waals surface area contributed by atoms with Crippen LogP contribution in [-0.2, 0) is 16.1 Å². The van der Waals surface area contributed by atoms with E-state index in [0.29, 0.717) is 25.6 Å². The van der Waals surface area contributed by atoms with Gasteiger partial charge in [0.25, 0.3) is 0 Å². The lowest BCUT2D eigenvalue weighted by Crippen LogP contribution is -2.40. The third-order valence-electron chi connectivity index (χ3n) is 4.78. The van der Waals surface area contributed by atoms with Gasteiger partial charge in [-0.2, -0.15) is 13.2 Å². The van der Waals surface area contributed by atoms with E-state index in [2.05, 4.69) is 10.3 Å². The quantitative estimate of drug-likeness (QED) is 0.239. The first-order chi connectivity index (χ1) is 14.2. The standard InChI is InChI=1S/C20H28F3N3O4.HI/c1-5-24-19(26-10-13(2)15(11-26)18(27)29-4)25-9-14-6-7-16(17(8-14)28-3)30-12-20(21,22)23;/h6-8,13,15H,5,9-12H2,1-4H3,(H,24,25);1H. The predicted molar refractivity (Wildman–Crippen MR) is 121 cm³/mol. The Morgan fingerprint density at radius 2 is 1.97 bits per heavy atom. The van der Waals surface area contributed by atoms with Gasteiger partial charge < -0.3 is 24.4 Å². The zero-order valence-corrected chi connectivity index (χ0v) is 20.3. The second-order valence-corrected chi connectivity index (χ2v) is 7.07. The molecule has 1 aromatic rings. The number of carbonyl (C=O) groups is 1. The zero-order valence-electron chi connectivity index (χ0n) is 18.0. The van der Waals surface area contributed by atoms with Crippen LogP contribution in [0.4, 0.5) is 13.2 Å². The van der Waals surface area contributed by atoms with E-state index in [-0.39, 0.29) is 59.8 Å². The topological polar surface area (TPSA) is 72.4 Å². The molecule has 0 radical (unpaired) electrons. The van der Waals surface area contributed by atoms with Crippen molar-refractivity contribution < 1.29 is 32.2 Å². The Hall–Kier alpha value is -1.92. The van der Waals surface area contributed by atoms with Crippen LogP contribution < -0.4 is 14.8 Å². The summed E-state index contributed by atoms with van der Waals surface area (Å²) in [5, 5.41) is 3.21. The minimum absolute atomic E-state index is 0. The summed E-state index contributed by atoms with van der Waals surface area (Å²) in [5.41, 5.74) is 0.748. The molecule has 0 aromatic heterocycles. The van der Waals surface area contributed by atoms with Crippen molar-refractivity contribution in [2.24, 2.45) is 16.8 Å². The van der Waals surface area contributed by atoms with Crippen molar-refractivity contribution in [3.8, 4) is 11.5 Å². The molecule has 2 rings (SSSR count). The Labute approximate surface area is 197 Å². The zero-order chi connectivity index (χ0) is 22.3. The summed E-state index contributed by atoms with van der Waals surface area (Å²) in [6.45, 7) is 4.66. The first kappa shape index (κ1) is 27.1. The molecule has 1 aliphatic rings. The minimum atomic E-state index is -4.43. The first-order valence-corrected chi connectivity index (χ1v) is 9.66. The second kappa shape index (κ2) is 12.2. The van der Waals surface area contributed by atoms with Gasteiger partial charge in [-0.15, -0.1) is 24.0 Å². The normalized spacial score (nSPS) is 18.9. The van der Waals surface area contributed by atoms with Crippen LogP contribution in [0.15, 0.2) is 23.2 Å². The number of halogens is 4. The monoisotopic (exact) mass is 559 g/mol. The Morgan fingerprint density at radius 3 is 2.55 bits per heavy atom. The molecule has 1 N–H and O–H groups in total. The van der Waals surface area contributed by atoms with Gasteiger partial charge in [-0.25, -0.2) is 4.99 Å². The second-order valence-electron chi connectivity index (χ2n) is 7.07. The van der Waals surface area contributed by atoms with Crippen LogP contribution in [0.2, 0.25) is 0 Å². The van der Waals surface area contributed by atoms with Crippen molar-refractivity contribution in [3.05, 3.63) is 23.8 Å². The van der Waals surface area contributed by atoms with Crippen molar-refractivity contribution in [1.29, 1.82) is 0 Å². The van der Waals surface area contributed by atoms with Crippen molar-refractivity contribution in [3.63, 3.8) is 0 Å². The molecule has 31 heavy (non-hydrogen) atoms. The highest BCUT2D eigenvalue weighted by Gasteiger charge is 2.36. The number of rotatable bonds is 7. The molecule has 0 spiro atoms. The Kier molecular flexibility index (Phi) is 10.7. The molecule has 0 aliphatic carbocycles. The molecule has 1 aromatic carbocycles. The molecule has 1 fully saturated rings. The Balaban J connectivity index is 0.00000480. The molecule has 2 atom stereocenters. The molecule has 11 heteroatoms. The van der Waals surface area contributed by atoms with Gasteiger partial charge in [0, 0.05) is 19.6 Å². The fourth-order valence-corrected chi connectivity index (χ4v) is 3.28. The van der Waals surface area contributed by atoms with E-state index in [1.54, 1.807) is 12.1 Å². The third kappa shape index (κ3) is 7.93. The average molecular weight is 559 g/mol. The number of benzene rings is 1. The fourth-order valence-electron chi connectivity index (χ4n) is 3.28. The molecule has 1 heterocycles. The van der Waals surface area contributed by atoms with Gasteiger partial charge in [0.05, 0.1) is 26.7 Å². The molecule has 176 valence electrons. The number of methoxy groups -OCH3 is 2. The van der Waals surface area contributed by atoms with Crippen LogP contribution in [0.25, 0.3) is 0 Å². The molecule has 0 bridgehead atoms. The number of guanidine groups is 1. The largest absolute Gasteiger partial charge is 0.493 e. The highest BCUT2D eigenvalue weighted by atomic mass is 127. The van der Waals surface area contributed by atoms with Crippen LogP contribution in [0, 0.1) is 11.8 Å². The highest BCUT2D eigenvalue weighted by Crippen LogP contribution is 2.30. The molecule has 1 aliphatic heterocycles. The molecule has 0 saturated carbocycles. The molecule has 1 saturated heterocycles. The maximum Gasteiger partial charge on any atom is 0.422 e. The van der Waals surface area contributed by atoms with Crippen LogP contribution in [0.1, 0.15) is 19.4 Å². The van der Waals surface area contributed by atoms with Gasteiger partial charge in [0.15, 0.2) is 24.1 Å². The maximum atomic E-state index is 12.4. The predicted octanol–water partition coefficient (Wildman–Crippen LogP) is 3.46. The number of carbonyl (C=O) groups excluding carboxylic acids is 1. The van der Waals surface area contributed by atoms with E-state index in [1.807, 2.05) is 18.7 Å². The van der Waals surface area contributed by atoms with Gasteiger partial charge in [-0.1, -0.05) is 13.0 Å². The number of alkyl halides is 3. The van der Waals surface area contributed by atoms with Crippen molar-refractivity contribution in [2.45, 2.75) is 26.6 Å². The van der Waals surface area contributed by atoms with Gasteiger partial charge in [-0.3, -0.25) is 4.79 Å². The summed E-state index contributed by atoms with van der Waals surface area (Å²) in [5.74, 6) is 0.559. The molecule has 0 amide bonds. The fraction of sp³-hybridized carbons (Fsp3) is 0.600. The van der Waals surface area contributed by atoms with E-state index in [4.69, 9.17) is 14.2 Å². The Morgan fingerprint density at radius 1 is 1.26 bits per heavy atom. The highest BCUT2D eigenvalue weighted by molar-refractivity contribution is 14.0. The summed E-state index contributed by atoms with van der Waals surface area (Å²) in [4.78, 5) is 18.6. The summed E-state index contributed by atoms with van der Waals surface area (Å²) in [6.07, 6.45) is -4.43. The minimum Gasteiger partial charge on any atom is -0.493 e. The molecular formula is C20H29F3IN3O4. The first-order valence-electron chi connectivity index (χ1n) is 9.66. The van der Waals surface area contributed by atoms with E-state index >= 15 is 0 Å². The van der Waals surface area contributed by atoms with Crippen LogP contribution in [0.5, 0.6) is 11.5 Å². The van der Waals surface area contributed by atoms with Gasteiger partial charge in [0.2, 0.25) is 0 Å².